The zero-order chi connectivity index (χ0) is 20.2. The molecule has 3 rings (SSSR count). The van der Waals surface area contributed by atoms with Gasteiger partial charge in [0.1, 0.15) is 5.69 Å². The number of aromatic nitrogens is 2. The smallest absolute Gasteiger partial charge is 0.216 e. The Morgan fingerprint density at radius 1 is 1.11 bits per heavy atom. The molecule has 1 aliphatic rings. The number of hydrogen-bond donors (Lipinski definition) is 2. The van der Waals surface area contributed by atoms with Crippen molar-refractivity contribution in [1.29, 1.82) is 0 Å². The SMILES string of the molecule is CC(C)(C)S(=O)(=O)NC1CCC(CNCc2ccc(-c3csnn3)cc2)CC1. The van der Waals surface area contributed by atoms with Crippen molar-refractivity contribution in [3.05, 3.63) is 35.2 Å². The summed E-state index contributed by atoms with van der Waals surface area (Å²) in [6.07, 6.45) is 3.94. The van der Waals surface area contributed by atoms with E-state index in [1.54, 1.807) is 20.8 Å². The molecule has 154 valence electrons. The average molecular weight is 423 g/mol. The van der Waals surface area contributed by atoms with Crippen LogP contribution < -0.4 is 10.0 Å². The van der Waals surface area contributed by atoms with E-state index >= 15 is 0 Å². The zero-order valence-electron chi connectivity index (χ0n) is 16.8. The maximum Gasteiger partial charge on any atom is 0.216 e. The molecule has 1 aliphatic carbocycles. The van der Waals surface area contributed by atoms with E-state index < -0.39 is 14.8 Å². The summed E-state index contributed by atoms with van der Waals surface area (Å²) in [5.74, 6) is 0.607. The number of nitrogens with one attached hydrogen (secondary N) is 2. The van der Waals surface area contributed by atoms with E-state index in [9.17, 15) is 8.42 Å². The van der Waals surface area contributed by atoms with Crippen molar-refractivity contribution in [2.75, 3.05) is 6.54 Å². The Morgan fingerprint density at radius 3 is 2.36 bits per heavy atom. The second-order valence-corrected chi connectivity index (χ2v) is 11.6. The standard InChI is InChI=1S/C20H30N4O2S2/c1-20(2,3)28(25,26)23-18-10-6-16(7-11-18)13-21-12-15-4-8-17(9-5-15)19-14-27-24-22-19/h4-5,8-9,14,16,18,21,23H,6-7,10-13H2,1-3H3. The molecule has 1 aromatic carbocycles. The van der Waals surface area contributed by atoms with Crippen LogP contribution >= 0.6 is 11.5 Å². The van der Waals surface area contributed by atoms with Gasteiger partial charge in [0.15, 0.2) is 0 Å². The second kappa shape index (κ2) is 8.98. The third-order valence-corrected chi connectivity index (χ3v) is 8.11. The minimum Gasteiger partial charge on any atom is -0.312 e. The Hall–Kier alpha value is -1.35. The van der Waals surface area contributed by atoms with Gasteiger partial charge in [0.25, 0.3) is 0 Å². The molecular weight excluding hydrogens is 392 g/mol. The molecule has 8 heteroatoms. The molecule has 0 spiro atoms. The van der Waals surface area contributed by atoms with Crippen LogP contribution in [-0.4, -0.2) is 35.3 Å². The zero-order valence-corrected chi connectivity index (χ0v) is 18.4. The first-order chi connectivity index (χ1) is 13.2. The first kappa shape index (κ1) is 21.4. The van der Waals surface area contributed by atoms with Gasteiger partial charge in [0, 0.05) is 23.5 Å². The highest BCUT2D eigenvalue weighted by Crippen LogP contribution is 2.26. The molecular formula is C20H30N4O2S2. The first-order valence-corrected chi connectivity index (χ1v) is 12.2. The van der Waals surface area contributed by atoms with Crippen molar-refractivity contribution in [1.82, 2.24) is 19.6 Å². The molecule has 0 saturated heterocycles. The molecule has 0 radical (unpaired) electrons. The monoisotopic (exact) mass is 422 g/mol. The fourth-order valence-electron chi connectivity index (χ4n) is 3.38. The fraction of sp³-hybridized carbons (Fsp3) is 0.600. The summed E-state index contributed by atoms with van der Waals surface area (Å²) in [6.45, 7) is 7.03. The maximum absolute atomic E-state index is 12.3. The predicted octanol–water partition coefficient (Wildman–Crippen LogP) is 3.57. The predicted molar refractivity (Wildman–Crippen MR) is 115 cm³/mol. The molecule has 1 fully saturated rings. The average Bonchev–Trinajstić information content (AvgIpc) is 3.17. The van der Waals surface area contributed by atoms with Crippen molar-refractivity contribution in [2.24, 2.45) is 5.92 Å². The minimum absolute atomic E-state index is 0.0771. The Bertz CT molecular complexity index is 835. The molecule has 0 unspecified atom stereocenters. The molecule has 1 aromatic heterocycles. The highest BCUT2D eigenvalue weighted by molar-refractivity contribution is 7.90. The third-order valence-electron chi connectivity index (χ3n) is 5.35. The van der Waals surface area contributed by atoms with Crippen LogP contribution in [0.5, 0.6) is 0 Å². The van der Waals surface area contributed by atoms with Crippen molar-refractivity contribution < 1.29 is 8.42 Å². The van der Waals surface area contributed by atoms with Gasteiger partial charge in [-0.3, -0.25) is 0 Å². The lowest BCUT2D eigenvalue weighted by atomic mass is 9.86. The van der Waals surface area contributed by atoms with Gasteiger partial charge in [0.2, 0.25) is 10.0 Å². The van der Waals surface area contributed by atoms with Gasteiger partial charge in [0.05, 0.1) is 4.75 Å². The van der Waals surface area contributed by atoms with Gasteiger partial charge < -0.3 is 5.32 Å². The topological polar surface area (TPSA) is 84.0 Å². The molecule has 28 heavy (non-hydrogen) atoms. The van der Waals surface area contributed by atoms with E-state index in [1.165, 1.54) is 17.1 Å². The molecule has 2 N–H and O–H groups in total. The highest BCUT2D eigenvalue weighted by Gasteiger charge is 2.32. The number of sulfonamides is 1. The number of hydrogen-bond acceptors (Lipinski definition) is 6. The second-order valence-electron chi connectivity index (χ2n) is 8.57. The van der Waals surface area contributed by atoms with Gasteiger partial charge in [-0.1, -0.05) is 28.8 Å². The van der Waals surface area contributed by atoms with E-state index in [1.807, 2.05) is 5.38 Å². The van der Waals surface area contributed by atoms with Crippen LogP contribution in [-0.2, 0) is 16.6 Å². The molecule has 6 nitrogen and oxygen atoms in total. The first-order valence-electron chi connectivity index (χ1n) is 9.83. The quantitative estimate of drug-likeness (QED) is 0.713. The van der Waals surface area contributed by atoms with Crippen LogP contribution in [0.15, 0.2) is 29.6 Å². The Kier molecular flexibility index (Phi) is 6.85. The molecule has 0 bridgehead atoms. The summed E-state index contributed by atoms with van der Waals surface area (Å²) in [5.41, 5.74) is 3.26. The van der Waals surface area contributed by atoms with Crippen molar-refractivity contribution >= 4 is 21.6 Å². The van der Waals surface area contributed by atoms with E-state index in [0.29, 0.717) is 5.92 Å². The maximum atomic E-state index is 12.3. The summed E-state index contributed by atoms with van der Waals surface area (Å²) in [5, 5.41) is 9.59. The van der Waals surface area contributed by atoms with Crippen LogP contribution in [0.3, 0.4) is 0 Å². The Morgan fingerprint density at radius 2 is 1.79 bits per heavy atom. The van der Waals surface area contributed by atoms with E-state index in [4.69, 9.17) is 0 Å². The molecule has 0 amide bonds. The number of nitrogens with zero attached hydrogens (tertiary/aromatic N) is 2. The van der Waals surface area contributed by atoms with Crippen LogP contribution in [0, 0.1) is 5.92 Å². The van der Waals surface area contributed by atoms with Crippen LogP contribution in [0.25, 0.3) is 11.3 Å². The minimum atomic E-state index is -3.26. The van der Waals surface area contributed by atoms with Gasteiger partial charge >= 0.3 is 0 Å². The summed E-state index contributed by atoms with van der Waals surface area (Å²) in [4.78, 5) is 0. The highest BCUT2D eigenvalue weighted by atomic mass is 32.2. The molecule has 1 heterocycles. The summed E-state index contributed by atoms with van der Waals surface area (Å²) < 4.78 is 30.6. The lowest BCUT2D eigenvalue weighted by Crippen LogP contribution is -2.46. The fourth-order valence-corrected chi connectivity index (χ4v) is 4.88. The normalized spacial score (nSPS) is 21.0. The number of rotatable bonds is 7. The molecule has 0 aliphatic heterocycles. The summed E-state index contributed by atoms with van der Waals surface area (Å²) >= 11 is 1.36. The summed E-state index contributed by atoms with van der Waals surface area (Å²) in [6, 6.07) is 8.49. The number of benzene rings is 1. The summed E-state index contributed by atoms with van der Waals surface area (Å²) in [7, 11) is -3.26. The van der Waals surface area contributed by atoms with Crippen molar-refractivity contribution in [3.63, 3.8) is 0 Å². The van der Waals surface area contributed by atoms with Crippen LogP contribution in [0.4, 0.5) is 0 Å². The van der Waals surface area contributed by atoms with E-state index in [2.05, 4.69) is 43.9 Å². The van der Waals surface area contributed by atoms with Crippen molar-refractivity contribution in [3.8, 4) is 11.3 Å². The Labute approximate surface area is 172 Å². The third kappa shape index (κ3) is 5.59. The van der Waals surface area contributed by atoms with Gasteiger partial charge in [-0.05, 0) is 76.0 Å². The largest absolute Gasteiger partial charge is 0.312 e. The lowest BCUT2D eigenvalue weighted by molar-refractivity contribution is 0.301. The van der Waals surface area contributed by atoms with E-state index in [-0.39, 0.29) is 6.04 Å². The van der Waals surface area contributed by atoms with E-state index in [0.717, 1.165) is 50.0 Å². The van der Waals surface area contributed by atoms with Gasteiger partial charge in [-0.25, -0.2) is 13.1 Å². The van der Waals surface area contributed by atoms with Crippen molar-refractivity contribution in [2.45, 2.75) is 63.8 Å². The lowest BCUT2D eigenvalue weighted by Gasteiger charge is -2.31. The molecule has 0 atom stereocenters. The van der Waals surface area contributed by atoms with Gasteiger partial charge in [-0.15, -0.1) is 5.10 Å². The Balaban J connectivity index is 1.39. The molecule has 2 aromatic rings. The van der Waals surface area contributed by atoms with Gasteiger partial charge in [-0.2, -0.15) is 0 Å². The molecule has 1 saturated carbocycles. The van der Waals surface area contributed by atoms with Crippen LogP contribution in [0.1, 0.15) is 52.0 Å². The van der Waals surface area contributed by atoms with Crippen LogP contribution in [0.2, 0.25) is 0 Å².